The molecule has 1 aromatic rings. The van der Waals surface area contributed by atoms with Crippen LogP contribution in [0.25, 0.3) is 0 Å². The van der Waals surface area contributed by atoms with Crippen LogP contribution >= 0.6 is 27.5 Å². The van der Waals surface area contributed by atoms with Crippen LogP contribution in [0.4, 0.5) is 0 Å². The molecular formula is C19H22BrClO5. The van der Waals surface area contributed by atoms with Crippen LogP contribution in [0.2, 0.25) is 5.02 Å². The minimum absolute atomic E-state index is 0.145. The lowest BCUT2D eigenvalue weighted by Gasteiger charge is -2.35. The van der Waals surface area contributed by atoms with Gasteiger partial charge in [0.2, 0.25) is 0 Å². The Morgan fingerprint density at radius 2 is 1.88 bits per heavy atom. The Labute approximate surface area is 166 Å². The fraction of sp³-hybridized carbons (Fsp3) is 0.579. The van der Waals surface area contributed by atoms with Crippen molar-refractivity contribution in [2.24, 2.45) is 5.92 Å². The molecule has 0 amide bonds. The number of methoxy groups -OCH3 is 1. The van der Waals surface area contributed by atoms with Gasteiger partial charge in [-0.2, -0.15) is 0 Å². The van der Waals surface area contributed by atoms with Gasteiger partial charge >= 0.3 is 5.97 Å². The summed E-state index contributed by atoms with van der Waals surface area (Å²) in [5.74, 6) is -2.51. The normalized spacial score (nSPS) is 20.9. The zero-order valence-electron chi connectivity index (χ0n) is 14.8. The standard InChI is InChI=1S/C19H22BrClO5/c1-11-9-13(15(21)10-14(11)20)16(18(23)24-2)17(22)12-3-5-19(6-4-12)25-7-8-26-19/h9-10,12,16H,3-8H2,1-2H3. The largest absolute Gasteiger partial charge is 0.468 e. The summed E-state index contributed by atoms with van der Waals surface area (Å²) in [6, 6.07) is 3.49. The molecule has 1 aliphatic carbocycles. The number of halogens is 2. The zero-order chi connectivity index (χ0) is 18.9. The SMILES string of the molecule is COC(=O)C(C(=O)C1CCC2(CC1)OCCO2)c1cc(C)c(Br)cc1Cl. The highest BCUT2D eigenvalue weighted by atomic mass is 79.9. The molecule has 7 heteroatoms. The van der Waals surface area contributed by atoms with Crippen molar-refractivity contribution < 1.29 is 23.8 Å². The molecule has 1 saturated heterocycles. The van der Waals surface area contributed by atoms with Gasteiger partial charge in [-0.25, -0.2) is 0 Å². The number of esters is 1. The first-order chi connectivity index (χ1) is 12.4. The Balaban J connectivity index is 1.83. The smallest absolute Gasteiger partial charge is 0.320 e. The quantitative estimate of drug-likeness (QED) is 0.514. The van der Waals surface area contributed by atoms with Crippen molar-refractivity contribution in [1.82, 2.24) is 0 Å². The number of rotatable bonds is 4. The van der Waals surface area contributed by atoms with Crippen molar-refractivity contribution >= 4 is 39.3 Å². The van der Waals surface area contributed by atoms with E-state index in [1.165, 1.54) is 7.11 Å². The Bertz CT molecular complexity index is 704. The highest BCUT2D eigenvalue weighted by Gasteiger charge is 2.44. The van der Waals surface area contributed by atoms with E-state index in [4.69, 9.17) is 25.8 Å². The first-order valence-corrected chi connectivity index (χ1v) is 9.89. The summed E-state index contributed by atoms with van der Waals surface area (Å²) >= 11 is 9.77. The van der Waals surface area contributed by atoms with Crippen molar-refractivity contribution in [2.75, 3.05) is 20.3 Å². The van der Waals surface area contributed by atoms with E-state index in [2.05, 4.69) is 15.9 Å². The van der Waals surface area contributed by atoms with Crippen LogP contribution in [-0.4, -0.2) is 37.9 Å². The third-order valence-corrected chi connectivity index (χ3v) is 6.46. The number of benzene rings is 1. The number of hydrogen-bond acceptors (Lipinski definition) is 5. The lowest BCUT2D eigenvalue weighted by molar-refractivity contribution is -0.183. The Morgan fingerprint density at radius 1 is 1.27 bits per heavy atom. The molecule has 3 rings (SSSR count). The lowest BCUT2D eigenvalue weighted by Crippen LogP contribution is -2.39. The van der Waals surface area contributed by atoms with Gasteiger partial charge < -0.3 is 14.2 Å². The minimum Gasteiger partial charge on any atom is -0.468 e. The van der Waals surface area contributed by atoms with E-state index in [0.717, 1.165) is 10.0 Å². The van der Waals surface area contributed by atoms with Crippen LogP contribution < -0.4 is 0 Å². The van der Waals surface area contributed by atoms with E-state index in [9.17, 15) is 9.59 Å². The topological polar surface area (TPSA) is 61.8 Å². The molecule has 0 bridgehead atoms. The summed E-state index contributed by atoms with van der Waals surface area (Å²) in [6.07, 6.45) is 2.56. The van der Waals surface area contributed by atoms with E-state index in [1.54, 1.807) is 12.1 Å². The predicted molar refractivity (Wildman–Crippen MR) is 100 cm³/mol. The van der Waals surface area contributed by atoms with Crippen molar-refractivity contribution in [3.8, 4) is 0 Å². The molecule has 0 radical (unpaired) electrons. The molecule has 1 aliphatic heterocycles. The van der Waals surface area contributed by atoms with Crippen molar-refractivity contribution in [3.63, 3.8) is 0 Å². The molecular weight excluding hydrogens is 424 g/mol. The summed E-state index contributed by atoms with van der Waals surface area (Å²) < 4.78 is 17.2. The van der Waals surface area contributed by atoms with Gasteiger partial charge in [0.1, 0.15) is 5.92 Å². The fourth-order valence-electron chi connectivity index (χ4n) is 3.78. The number of carbonyl (C=O) groups excluding carboxylic acids is 2. The van der Waals surface area contributed by atoms with Gasteiger partial charge in [-0.05, 0) is 37.0 Å². The maximum absolute atomic E-state index is 13.2. The second kappa shape index (κ2) is 7.97. The molecule has 1 unspecified atom stereocenters. The lowest BCUT2D eigenvalue weighted by atomic mass is 9.77. The maximum Gasteiger partial charge on any atom is 0.320 e. The monoisotopic (exact) mass is 444 g/mol. The molecule has 142 valence electrons. The second-order valence-corrected chi connectivity index (χ2v) is 8.12. The highest BCUT2D eigenvalue weighted by molar-refractivity contribution is 9.10. The molecule has 1 aromatic carbocycles. The summed E-state index contributed by atoms with van der Waals surface area (Å²) in [7, 11) is 1.29. The molecule has 1 heterocycles. The van der Waals surface area contributed by atoms with E-state index in [0.29, 0.717) is 49.5 Å². The van der Waals surface area contributed by atoms with Crippen LogP contribution in [0.5, 0.6) is 0 Å². The van der Waals surface area contributed by atoms with Crippen LogP contribution in [-0.2, 0) is 23.8 Å². The molecule has 1 spiro atoms. The fourth-order valence-corrected chi connectivity index (χ4v) is 4.53. The summed E-state index contributed by atoms with van der Waals surface area (Å²) in [5, 5.41) is 0.376. The van der Waals surface area contributed by atoms with Gasteiger partial charge in [-0.1, -0.05) is 33.6 Å². The molecule has 5 nitrogen and oxygen atoms in total. The molecule has 26 heavy (non-hydrogen) atoms. The highest BCUT2D eigenvalue weighted by Crippen LogP contribution is 2.41. The van der Waals surface area contributed by atoms with E-state index in [-0.39, 0.29) is 11.7 Å². The molecule has 0 aromatic heterocycles. The Hall–Kier alpha value is -0.950. The molecule has 1 atom stereocenters. The number of carbonyl (C=O) groups is 2. The van der Waals surface area contributed by atoms with Crippen LogP contribution in [0, 0.1) is 12.8 Å². The van der Waals surface area contributed by atoms with Crippen molar-refractivity contribution in [1.29, 1.82) is 0 Å². The Kier molecular flexibility index (Phi) is 6.07. The van der Waals surface area contributed by atoms with Gasteiger partial charge in [-0.15, -0.1) is 0 Å². The first kappa shape index (κ1) is 19.8. The molecule has 1 saturated carbocycles. The predicted octanol–water partition coefficient (Wildman–Crippen LogP) is 4.17. The van der Waals surface area contributed by atoms with E-state index >= 15 is 0 Å². The average molecular weight is 446 g/mol. The number of hydrogen-bond donors (Lipinski definition) is 0. The van der Waals surface area contributed by atoms with Gasteiger partial charge in [-0.3, -0.25) is 9.59 Å². The van der Waals surface area contributed by atoms with Crippen molar-refractivity contribution in [3.05, 3.63) is 32.8 Å². The number of ketones is 1. The maximum atomic E-state index is 13.2. The van der Waals surface area contributed by atoms with Gasteiger partial charge in [0.15, 0.2) is 11.6 Å². The second-order valence-electron chi connectivity index (χ2n) is 6.86. The number of aryl methyl sites for hydroxylation is 1. The summed E-state index contributed by atoms with van der Waals surface area (Å²) in [5.41, 5.74) is 1.40. The van der Waals surface area contributed by atoms with E-state index in [1.807, 2.05) is 6.92 Å². The van der Waals surface area contributed by atoms with Crippen molar-refractivity contribution in [2.45, 2.75) is 44.3 Å². The average Bonchev–Trinajstić information content (AvgIpc) is 3.07. The van der Waals surface area contributed by atoms with Gasteiger partial charge in [0, 0.05) is 28.3 Å². The summed E-state index contributed by atoms with van der Waals surface area (Å²) in [6.45, 7) is 3.08. The number of ether oxygens (including phenoxy) is 3. The van der Waals surface area contributed by atoms with Crippen LogP contribution in [0.1, 0.15) is 42.7 Å². The first-order valence-electron chi connectivity index (χ1n) is 8.72. The third kappa shape index (κ3) is 3.84. The molecule has 2 fully saturated rings. The summed E-state index contributed by atoms with van der Waals surface area (Å²) in [4.78, 5) is 25.6. The minimum atomic E-state index is -1.01. The van der Waals surface area contributed by atoms with Gasteiger partial charge in [0.25, 0.3) is 0 Å². The zero-order valence-corrected chi connectivity index (χ0v) is 17.2. The van der Waals surface area contributed by atoms with E-state index < -0.39 is 17.7 Å². The van der Waals surface area contributed by atoms with Crippen LogP contribution in [0.15, 0.2) is 16.6 Å². The Morgan fingerprint density at radius 3 is 2.46 bits per heavy atom. The third-order valence-electron chi connectivity index (χ3n) is 5.27. The number of Topliss-reactive ketones (excluding diaryl/α,β-unsaturated/α-hetero) is 1. The molecule has 0 N–H and O–H groups in total. The molecule has 2 aliphatic rings. The van der Waals surface area contributed by atoms with Crippen LogP contribution in [0.3, 0.4) is 0 Å². The van der Waals surface area contributed by atoms with Gasteiger partial charge in [0.05, 0.1) is 20.3 Å².